The minimum absolute atomic E-state index is 0.164. The number of rotatable bonds is 5. The molecule has 3 aromatic carbocycles. The second kappa shape index (κ2) is 8.84. The standard InChI is InChI=1S/C25H21ClN2O4S/c1-16-13-18(17-7-6-8-19(14-17)33(3,30)31)11-12-23(16)28-24(15-22(27-28)25(29)32-2)20-9-4-5-10-21(20)26/h4-15H,1-3H3. The summed E-state index contributed by atoms with van der Waals surface area (Å²) in [7, 11) is -2.01. The highest BCUT2D eigenvalue weighted by molar-refractivity contribution is 7.90. The van der Waals surface area contributed by atoms with Gasteiger partial charge in [-0.25, -0.2) is 17.9 Å². The highest BCUT2D eigenvalue weighted by Gasteiger charge is 2.20. The van der Waals surface area contributed by atoms with E-state index in [2.05, 4.69) is 5.10 Å². The molecule has 1 heterocycles. The molecular formula is C25H21ClN2O4S. The molecule has 0 saturated heterocycles. The van der Waals surface area contributed by atoms with E-state index < -0.39 is 15.8 Å². The van der Waals surface area contributed by atoms with Gasteiger partial charge in [-0.2, -0.15) is 5.10 Å². The van der Waals surface area contributed by atoms with E-state index in [1.807, 2.05) is 49.4 Å². The molecule has 4 aromatic rings. The molecular weight excluding hydrogens is 460 g/mol. The van der Waals surface area contributed by atoms with Crippen LogP contribution in [0.2, 0.25) is 5.02 Å². The van der Waals surface area contributed by atoms with E-state index in [9.17, 15) is 13.2 Å². The molecule has 8 heteroatoms. The molecule has 0 amide bonds. The number of methoxy groups -OCH3 is 1. The number of esters is 1. The first-order valence-electron chi connectivity index (χ1n) is 10.0. The Morgan fingerprint density at radius 3 is 2.36 bits per heavy atom. The molecule has 33 heavy (non-hydrogen) atoms. The molecule has 6 nitrogen and oxygen atoms in total. The number of sulfone groups is 1. The number of aromatic nitrogens is 2. The first-order chi connectivity index (χ1) is 15.7. The van der Waals surface area contributed by atoms with Gasteiger partial charge in [0.05, 0.1) is 23.4 Å². The van der Waals surface area contributed by atoms with Gasteiger partial charge in [0.2, 0.25) is 0 Å². The lowest BCUT2D eigenvalue weighted by Crippen LogP contribution is -2.06. The molecule has 0 aliphatic heterocycles. The van der Waals surface area contributed by atoms with E-state index in [1.54, 1.807) is 35.0 Å². The Labute approximate surface area is 197 Å². The summed E-state index contributed by atoms with van der Waals surface area (Å²) in [5, 5.41) is 5.01. The van der Waals surface area contributed by atoms with Crippen LogP contribution in [-0.4, -0.2) is 37.5 Å². The number of nitrogens with zero attached hydrogens (tertiary/aromatic N) is 2. The number of carbonyl (C=O) groups is 1. The van der Waals surface area contributed by atoms with E-state index in [-0.39, 0.29) is 10.6 Å². The monoisotopic (exact) mass is 480 g/mol. The van der Waals surface area contributed by atoms with Gasteiger partial charge >= 0.3 is 5.97 Å². The molecule has 0 aliphatic rings. The van der Waals surface area contributed by atoms with Crippen molar-refractivity contribution in [2.24, 2.45) is 0 Å². The fourth-order valence-electron chi connectivity index (χ4n) is 3.61. The number of halogens is 1. The van der Waals surface area contributed by atoms with Crippen LogP contribution in [0.4, 0.5) is 0 Å². The van der Waals surface area contributed by atoms with Gasteiger partial charge in [-0.05, 0) is 60.0 Å². The number of hydrogen-bond acceptors (Lipinski definition) is 5. The minimum Gasteiger partial charge on any atom is -0.464 e. The number of benzene rings is 3. The Bertz CT molecular complexity index is 1480. The highest BCUT2D eigenvalue weighted by atomic mass is 35.5. The molecule has 0 aliphatic carbocycles. The van der Waals surface area contributed by atoms with Crippen molar-refractivity contribution in [2.45, 2.75) is 11.8 Å². The van der Waals surface area contributed by atoms with Crippen molar-refractivity contribution in [3.8, 4) is 28.1 Å². The summed E-state index contributed by atoms with van der Waals surface area (Å²) < 4.78 is 30.4. The molecule has 0 saturated carbocycles. The molecule has 0 bridgehead atoms. The average Bonchev–Trinajstić information content (AvgIpc) is 3.23. The third-order valence-electron chi connectivity index (χ3n) is 5.27. The lowest BCUT2D eigenvalue weighted by molar-refractivity contribution is 0.0593. The number of carbonyl (C=O) groups excluding carboxylic acids is 1. The maximum Gasteiger partial charge on any atom is 0.358 e. The Balaban J connectivity index is 1.85. The summed E-state index contributed by atoms with van der Waals surface area (Å²) in [6.45, 7) is 1.93. The van der Waals surface area contributed by atoms with Gasteiger partial charge in [0.15, 0.2) is 15.5 Å². The topological polar surface area (TPSA) is 78.3 Å². The largest absolute Gasteiger partial charge is 0.464 e. The fraction of sp³-hybridized carbons (Fsp3) is 0.120. The molecule has 168 valence electrons. The molecule has 0 N–H and O–H groups in total. The Morgan fingerprint density at radius 2 is 1.70 bits per heavy atom. The van der Waals surface area contributed by atoms with Crippen LogP contribution in [0.1, 0.15) is 16.1 Å². The summed E-state index contributed by atoms with van der Waals surface area (Å²) in [4.78, 5) is 12.4. The van der Waals surface area contributed by atoms with Crippen LogP contribution in [0.15, 0.2) is 77.7 Å². The lowest BCUT2D eigenvalue weighted by Gasteiger charge is -2.13. The van der Waals surface area contributed by atoms with Gasteiger partial charge in [-0.15, -0.1) is 0 Å². The molecule has 0 fully saturated rings. The first kappa shape index (κ1) is 22.8. The third-order valence-corrected chi connectivity index (χ3v) is 6.71. The summed E-state index contributed by atoms with van der Waals surface area (Å²) in [6.07, 6.45) is 1.19. The van der Waals surface area contributed by atoms with Crippen LogP contribution in [0.5, 0.6) is 0 Å². The minimum atomic E-state index is -3.31. The first-order valence-corrected chi connectivity index (χ1v) is 12.3. The molecule has 1 aromatic heterocycles. The van der Waals surface area contributed by atoms with Crippen molar-refractivity contribution >= 4 is 27.4 Å². The zero-order chi connectivity index (χ0) is 23.8. The number of ether oxygens (including phenoxy) is 1. The fourth-order valence-corrected chi connectivity index (χ4v) is 4.51. The maximum absolute atomic E-state index is 12.2. The van der Waals surface area contributed by atoms with Gasteiger partial charge in [0, 0.05) is 16.8 Å². The Morgan fingerprint density at radius 1 is 0.970 bits per heavy atom. The summed E-state index contributed by atoms with van der Waals surface area (Å²) in [5.41, 5.74) is 4.82. The van der Waals surface area contributed by atoms with E-state index >= 15 is 0 Å². The van der Waals surface area contributed by atoms with Crippen LogP contribution in [0.25, 0.3) is 28.1 Å². The summed E-state index contributed by atoms with van der Waals surface area (Å²) in [6, 6.07) is 21.5. The quantitative estimate of drug-likeness (QED) is 0.359. The maximum atomic E-state index is 12.2. The van der Waals surface area contributed by atoms with Gasteiger partial charge in [-0.1, -0.05) is 48.0 Å². The smallest absolute Gasteiger partial charge is 0.358 e. The lowest BCUT2D eigenvalue weighted by atomic mass is 10.0. The predicted molar refractivity (Wildman–Crippen MR) is 129 cm³/mol. The number of aryl methyl sites for hydroxylation is 1. The van der Waals surface area contributed by atoms with Gasteiger partial charge in [-0.3, -0.25) is 0 Å². The second-order valence-corrected chi connectivity index (χ2v) is 10.0. The van der Waals surface area contributed by atoms with E-state index in [4.69, 9.17) is 16.3 Å². The summed E-state index contributed by atoms with van der Waals surface area (Å²) in [5.74, 6) is -0.547. The van der Waals surface area contributed by atoms with Crippen LogP contribution < -0.4 is 0 Å². The van der Waals surface area contributed by atoms with Crippen molar-refractivity contribution in [2.75, 3.05) is 13.4 Å². The van der Waals surface area contributed by atoms with E-state index in [0.29, 0.717) is 10.7 Å². The average molecular weight is 481 g/mol. The summed E-state index contributed by atoms with van der Waals surface area (Å²) >= 11 is 6.43. The zero-order valence-corrected chi connectivity index (χ0v) is 19.8. The van der Waals surface area contributed by atoms with Gasteiger partial charge in [0.25, 0.3) is 0 Å². The normalized spacial score (nSPS) is 11.4. The SMILES string of the molecule is COC(=O)c1cc(-c2ccccc2Cl)n(-c2ccc(-c3cccc(S(C)(=O)=O)c3)cc2C)n1. The zero-order valence-electron chi connectivity index (χ0n) is 18.2. The Kier molecular flexibility index (Phi) is 6.10. The molecule has 0 unspecified atom stereocenters. The van der Waals surface area contributed by atoms with Crippen molar-refractivity contribution in [3.05, 3.63) is 89.1 Å². The van der Waals surface area contributed by atoms with E-state index in [0.717, 1.165) is 27.9 Å². The second-order valence-electron chi connectivity index (χ2n) is 7.60. The molecule has 0 atom stereocenters. The van der Waals surface area contributed by atoms with Crippen LogP contribution in [0.3, 0.4) is 0 Å². The van der Waals surface area contributed by atoms with Crippen molar-refractivity contribution in [1.29, 1.82) is 0 Å². The van der Waals surface area contributed by atoms with Gasteiger partial charge < -0.3 is 4.74 Å². The van der Waals surface area contributed by atoms with Crippen LogP contribution in [0, 0.1) is 6.92 Å². The predicted octanol–water partition coefficient (Wildman–Crippen LogP) is 5.36. The van der Waals surface area contributed by atoms with Crippen molar-refractivity contribution < 1.29 is 17.9 Å². The molecule has 0 spiro atoms. The van der Waals surface area contributed by atoms with Crippen molar-refractivity contribution in [1.82, 2.24) is 9.78 Å². The van der Waals surface area contributed by atoms with Gasteiger partial charge in [0.1, 0.15) is 0 Å². The highest BCUT2D eigenvalue weighted by Crippen LogP contribution is 2.32. The molecule has 0 radical (unpaired) electrons. The van der Waals surface area contributed by atoms with Crippen LogP contribution >= 0.6 is 11.6 Å². The van der Waals surface area contributed by atoms with E-state index in [1.165, 1.54) is 13.4 Å². The Hall–Kier alpha value is -3.42. The van der Waals surface area contributed by atoms with Crippen LogP contribution in [-0.2, 0) is 14.6 Å². The number of hydrogen-bond donors (Lipinski definition) is 0. The van der Waals surface area contributed by atoms with Crippen molar-refractivity contribution in [3.63, 3.8) is 0 Å². The molecule has 4 rings (SSSR count). The third kappa shape index (κ3) is 4.55.